The number of hydrazine groups is 1. The standard InChI is InChI=1S/C33H34N2/c1-32(2)27-13-9-7-11-23(27)25-17-15-21(19-29(25)32)31(35(6)34-5)22-16-18-26-24-12-8-10-14-28(24)33(3,4)30(26)20-22/h7-20,31,34H,1-6H3. The van der Waals surface area contributed by atoms with Gasteiger partial charge >= 0.3 is 0 Å². The van der Waals surface area contributed by atoms with Gasteiger partial charge in [-0.05, 0) is 62.7 Å². The summed E-state index contributed by atoms with van der Waals surface area (Å²) in [5, 5.41) is 2.23. The van der Waals surface area contributed by atoms with Gasteiger partial charge in [-0.15, -0.1) is 0 Å². The molecule has 176 valence electrons. The lowest BCUT2D eigenvalue weighted by Crippen LogP contribution is -2.35. The highest BCUT2D eigenvalue weighted by atomic mass is 15.5. The minimum absolute atomic E-state index is 0.00767. The van der Waals surface area contributed by atoms with Crippen LogP contribution in [0.3, 0.4) is 0 Å². The Kier molecular flexibility index (Phi) is 4.87. The monoisotopic (exact) mass is 458 g/mol. The van der Waals surface area contributed by atoms with Crippen LogP contribution in [-0.2, 0) is 10.8 Å². The lowest BCUT2D eigenvalue weighted by molar-refractivity contribution is 0.210. The average Bonchev–Trinajstić information content (AvgIpc) is 3.24. The van der Waals surface area contributed by atoms with Crippen molar-refractivity contribution in [2.75, 3.05) is 14.1 Å². The molecule has 0 saturated heterocycles. The van der Waals surface area contributed by atoms with Crippen molar-refractivity contribution in [3.63, 3.8) is 0 Å². The number of hydrogen-bond acceptors (Lipinski definition) is 2. The lowest BCUT2D eigenvalue weighted by Gasteiger charge is -2.31. The molecule has 0 fully saturated rings. The number of nitrogens with zero attached hydrogens (tertiary/aromatic N) is 1. The van der Waals surface area contributed by atoms with E-state index in [4.69, 9.17) is 0 Å². The molecule has 2 aliphatic rings. The van der Waals surface area contributed by atoms with Crippen LogP contribution in [0.4, 0.5) is 0 Å². The molecule has 0 atom stereocenters. The molecule has 6 rings (SSSR count). The molecule has 2 heteroatoms. The second kappa shape index (κ2) is 7.65. The van der Waals surface area contributed by atoms with Crippen molar-refractivity contribution in [1.29, 1.82) is 0 Å². The number of hydrogen-bond donors (Lipinski definition) is 1. The van der Waals surface area contributed by atoms with Gasteiger partial charge in [0.05, 0.1) is 6.04 Å². The zero-order valence-electron chi connectivity index (χ0n) is 21.6. The van der Waals surface area contributed by atoms with Crippen LogP contribution in [0.1, 0.15) is 67.1 Å². The smallest absolute Gasteiger partial charge is 0.0740 e. The molecule has 0 unspecified atom stereocenters. The van der Waals surface area contributed by atoms with Crippen molar-refractivity contribution in [2.45, 2.75) is 44.6 Å². The third-order valence-corrected chi connectivity index (χ3v) is 8.59. The predicted molar refractivity (Wildman–Crippen MR) is 147 cm³/mol. The van der Waals surface area contributed by atoms with Crippen molar-refractivity contribution >= 4 is 0 Å². The van der Waals surface area contributed by atoms with E-state index in [-0.39, 0.29) is 16.9 Å². The second-order valence-electron chi connectivity index (χ2n) is 11.2. The van der Waals surface area contributed by atoms with Crippen LogP contribution < -0.4 is 5.43 Å². The van der Waals surface area contributed by atoms with Gasteiger partial charge in [0.1, 0.15) is 0 Å². The van der Waals surface area contributed by atoms with Crippen molar-refractivity contribution in [3.05, 3.63) is 118 Å². The molecule has 0 amide bonds. The molecule has 2 aliphatic carbocycles. The Morgan fingerprint density at radius 1 is 0.571 bits per heavy atom. The van der Waals surface area contributed by atoms with E-state index in [9.17, 15) is 0 Å². The molecule has 0 aliphatic heterocycles. The zero-order chi connectivity index (χ0) is 24.5. The molecule has 0 aromatic heterocycles. The summed E-state index contributed by atoms with van der Waals surface area (Å²) in [5.74, 6) is 0. The molecule has 2 nitrogen and oxygen atoms in total. The molecular weight excluding hydrogens is 424 g/mol. The van der Waals surface area contributed by atoms with Crippen LogP contribution >= 0.6 is 0 Å². The van der Waals surface area contributed by atoms with Crippen LogP contribution in [0, 0.1) is 0 Å². The predicted octanol–water partition coefficient (Wildman–Crippen LogP) is 7.45. The molecule has 0 spiro atoms. The maximum atomic E-state index is 3.41. The third kappa shape index (κ3) is 3.10. The summed E-state index contributed by atoms with van der Waals surface area (Å²) in [5.41, 5.74) is 17.2. The van der Waals surface area contributed by atoms with Gasteiger partial charge in [0.15, 0.2) is 0 Å². The summed E-state index contributed by atoms with van der Waals surface area (Å²) in [7, 11) is 4.15. The molecular formula is C33H34N2. The van der Waals surface area contributed by atoms with Crippen LogP contribution in [0.15, 0.2) is 84.9 Å². The van der Waals surface area contributed by atoms with E-state index in [1.165, 1.54) is 55.6 Å². The van der Waals surface area contributed by atoms with E-state index >= 15 is 0 Å². The van der Waals surface area contributed by atoms with E-state index < -0.39 is 0 Å². The van der Waals surface area contributed by atoms with Crippen LogP contribution in [0.2, 0.25) is 0 Å². The molecule has 0 radical (unpaired) electrons. The number of benzene rings is 4. The first kappa shape index (κ1) is 22.3. The lowest BCUT2D eigenvalue weighted by atomic mass is 9.80. The highest BCUT2D eigenvalue weighted by molar-refractivity contribution is 5.82. The van der Waals surface area contributed by atoms with E-state index in [2.05, 4.69) is 130 Å². The van der Waals surface area contributed by atoms with Gasteiger partial charge in [0.25, 0.3) is 0 Å². The normalized spacial score (nSPS) is 16.2. The summed E-state index contributed by atoms with van der Waals surface area (Å²) in [6.07, 6.45) is 0. The highest BCUT2D eigenvalue weighted by Gasteiger charge is 2.38. The highest BCUT2D eigenvalue weighted by Crippen LogP contribution is 2.51. The SMILES string of the molecule is CNN(C)C(c1ccc2c(c1)C(C)(C)c1ccccc1-2)c1ccc2c(c1)C(C)(C)c1ccccc1-2. The molecule has 1 N–H and O–H groups in total. The van der Waals surface area contributed by atoms with E-state index in [1.807, 2.05) is 7.05 Å². The van der Waals surface area contributed by atoms with Crippen LogP contribution in [-0.4, -0.2) is 19.1 Å². The maximum absolute atomic E-state index is 3.41. The number of nitrogens with one attached hydrogen (secondary N) is 1. The Labute approximate surface area is 209 Å². The van der Waals surface area contributed by atoms with E-state index in [0.29, 0.717) is 0 Å². The quantitative estimate of drug-likeness (QED) is 0.319. The Morgan fingerprint density at radius 3 is 1.40 bits per heavy atom. The first-order chi connectivity index (χ1) is 16.7. The van der Waals surface area contributed by atoms with E-state index in [1.54, 1.807) is 0 Å². The van der Waals surface area contributed by atoms with Gasteiger partial charge in [-0.3, -0.25) is 5.43 Å². The first-order valence-electron chi connectivity index (χ1n) is 12.6. The zero-order valence-corrected chi connectivity index (χ0v) is 21.6. The van der Waals surface area contributed by atoms with Crippen LogP contribution in [0.25, 0.3) is 22.3 Å². The second-order valence-corrected chi connectivity index (χ2v) is 11.2. The van der Waals surface area contributed by atoms with Gasteiger partial charge in [-0.2, -0.15) is 0 Å². The summed E-state index contributed by atoms with van der Waals surface area (Å²) in [4.78, 5) is 0. The molecule has 4 aromatic rings. The first-order valence-corrected chi connectivity index (χ1v) is 12.6. The molecule has 0 bridgehead atoms. The Balaban J connectivity index is 1.49. The summed E-state index contributed by atoms with van der Waals surface area (Å²) < 4.78 is 0. The van der Waals surface area contributed by atoms with Gasteiger partial charge in [0, 0.05) is 17.9 Å². The van der Waals surface area contributed by atoms with Crippen LogP contribution in [0.5, 0.6) is 0 Å². The van der Waals surface area contributed by atoms with Crippen molar-refractivity contribution in [1.82, 2.24) is 10.4 Å². The van der Waals surface area contributed by atoms with Gasteiger partial charge in [-0.1, -0.05) is 113 Å². The Bertz CT molecular complexity index is 1350. The number of rotatable bonds is 4. The summed E-state index contributed by atoms with van der Waals surface area (Å²) >= 11 is 0. The largest absolute Gasteiger partial charge is 0.258 e. The Morgan fingerprint density at radius 2 is 0.971 bits per heavy atom. The fraction of sp³-hybridized carbons (Fsp3) is 0.273. The van der Waals surface area contributed by atoms with Crippen molar-refractivity contribution in [2.24, 2.45) is 0 Å². The molecule has 35 heavy (non-hydrogen) atoms. The minimum Gasteiger partial charge on any atom is -0.258 e. The average molecular weight is 459 g/mol. The third-order valence-electron chi connectivity index (χ3n) is 8.59. The Hall–Kier alpha value is -3.20. The van der Waals surface area contributed by atoms with Gasteiger partial charge < -0.3 is 0 Å². The molecule has 4 aromatic carbocycles. The van der Waals surface area contributed by atoms with Gasteiger partial charge in [0.2, 0.25) is 0 Å². The number of fused-ring (bicyclic) bond motifs is 6. The molecule has 0 saturated carbocycles. The summed E-state index contributed by atoms with van der Waals surface area (Å²) in [6.45, 7) is 9.42. The summed E-state index contributed by atoms with van der Waals surface area (Å²) in [6, 6.07) is 32.0. The fourth-order valence-electron chi connectivity index (χ4n) is 6.55. The van der Waals surface area contributed by atoms with E-state index in [0.717, 1.165) is 0 Å². The fourth-order valence-corrected chi connectivity index (χ4v) is 6.55. The topological polar surface area (TPSA) is 15.3 Å². The van der Waals surface area contributed by atoms with Crippen molar-refractivity contribution in [3.8, 4) is 22.3 Å². The minimum atomic E-state index is -0.00767. The van der Waals surface area contributed by atoms with Crippen molar-refractivity contribution < 1.29 is 0 Å². The molecule has 0 heterocycles. The maximum Gasteiger partial charge on any atom is 0.0740 e. The van der Waals surface area contributed by atoms with Gasteiger partial charge in [-0.25, -0.2) is 5.01 Å².